The first-order chi connectivity index (χ1) is 5.74. The van der Waals surface area contributed by atoms with Crippen LogP contribution in [0.5, 0.6) is 0 Å². The Balaban J connectivity index is 2.55. The van der Waals surface area contributed by atoms with E-state index in [-0.39, 0.29) is 0 Å². The van der Waals surface area contributed by atoms with Gasteiger partial charge in [0, 0.05) is 26.9 Å². The van der Waals surface area contributed by atoms with Crippen LogP contribution in [0.1, 0.15) is 19.8 Å². The molecular formula is C8H18O3Si. The molecule has 1 fully saturated rings. The first-order valence-corrected chi connectivity index (χ1v) is 6.19. The summed E-state index contributed by atoms with van der Waals surface area (Å²) in [5.41, 5.74) is 0.544. The average Bonchev–Trinajstić information content (AvgIpc) is 2.89. The van der Waals surface area contributed by atoms with Crippen molar-refractivity contribution in [1.82, 2.24) is 0 Å². The predicted octanol–water partition coefficient (Wildman–Crippen LogP) is 1.66. The number of rotatable bonds is 5. The molecule has 0 aliphatic heterocycles. The molecule has 1 saturated carbocycles. The smallest absolute Gasteiger partial charge is 0.377 e. The van der Waals surface area contributed by atoms with Crippen LogP contribution in [-0.2, 0) is 13.3 Å². The Morgan fingerprint density at radius 3 is 1.92 bits per heavy atom. The summed E-state index contributed by atoms with van der Waals surface area (Å²) >= 11 is 0. The molecule has 3 nitrogen and oxygen atoms in total. The molecule has 2 atom stereocenters. The molecular weight excluding hydrogens is 172 g/mol. The molecule has 0 saturated heterocycles. The van der Waals surface area contributed by atoms with Crippen LogP contribution in [0.3, 0.4) is 0 Å². The number of hydrogen-bond acceptors (Lipinski definition) is 3. The SMILES string of the molecule is CCC1CC1[Si](OC)(OC)OC. The molecule has 0 radical (unpaired) electrons. The fourth-order valence-electron chi connectivity index (χ4n) is 1.84. The Hall–Kier alpha value is 0.0969. The Morgan fingerprint density at radius 1 is 1.17 bits per heavy atom. The lowest BCUT2D eigenvalue weighted by Gasteiger charge is -2.24. The highest BCUT2D eigenvalue weighted by atomic mass is 28.4. The zero-order valence-corrected chi connectivity index (χ0v) is 9.29. The summed E-state index contributed by atoms with van der Waals surface area (Å²) < 4.78 is 16.2. The van der Waals surface area contributed by atoms with Crippen molar-refractivity contribution in [1.29, 1.82) is 0 Å². The van der Waals surface area contributed by atoms with Gasteiger partial charge in [0.15, 0.2) is 0 Å². The zero-order valence-electron chi connectivity index (χ0n) is 8.29. The van der Waals surface area contributed by atoms with E-state index >= 15 is 0 Å². The van der Waals surface area contributed by atoms with Crippen LogP contribution >= 0.6 is 0 Å². The molecule has 12 heavy (non-hydrogen) atoms. The van der Waals surface area contributed by atoms with Gasteiger partial charge in [0.1, 0.15) is 0 Å². The molecule has 1 rings (SSSR count). The fraction of sp³-hybridized carbons (Fsp3) is 1.00. The summed E-state index contributed by atoms with van der Waals surface area (Å²) in [5.74, 6) is 0.761. The molecule has 72 valence electrons. The minimum absolute atomic E-state index is 0.544. The van der Waals surface area contributed by atoms with Gasteiger partial charge in [0.25, 0.3) is 0 Å². The monoisotopic (exact) mass is 190 g/mol. The third-order valence-electron chi connectivity index (χ3n) is 2.75. The second-order valence-electron chi connectivity index (χ2n) is 3.23. The van der Waals surface area contributed by atoms with Gasteiger partial charge in [-0.2, -0.15) is 0 Å². The highest BCUT2D eigenvalue weighted by Gasteiger charge is 2.59. The molecule has 0 aromatic rings. The molecule has 0 N–H and O–H groups in total. The van der Waals surface area contributed by atoms with E-state index in [9.17, 15) is 0 Å². The predicted molar refractivity (Wildman–Crippen MR) is 48.9 cm³/mol. The van der Waals surface area contributed by atoms with E-state index in [0.717, 1.165) is 5.92 Å². The van der Waals surface area contributed by atoms with E-state index in [2.05, 4.69) is 6.92 Å². The van der Waals surface area contributed by atoms with Crippen LogP contribution in [0.2, 0.25) is 5.54 Å². The molecule has 0 aromatic carbocycles. The molecule has 2 unspecified atom stereocenters. The molecule has 0 bridgehead atoms. The van der Waals surface area contributed by atoms with E-state index < -0.39 is 8.80 Å². The fourth-order valence-corrected chi connectivity index (χ4v) is 4.65. The summed E-state index contributed by atoms with van der Waals surface area (Å²) in [6, 6.07) is 0. The Morgan fingerprint density at radius 2 is 1.67 bits per heavy atom. The van der Waals surface area contributed by atoms with Crippen molar-refractivity contribution in [3.8, 4) is 0 Å². The molecule has 1 aliphatic rings. The van der Waals surface area contributed by atoms with Crippen LogP contribution in [0.15, 0.2) is 0 Å². The maximum absolute atomic E-state index is 5.39. The third kappa shape index (κ3) is 1.57. The maximum atomic E-state index is 5.39. The highest BCUT2D eigenvalue weighted by molar-refractivity contribution is 6.63. The first kappa shape index (κ1) is 10.2. The average molecular weight is 190 g/mol. The quantitative estimate of drug-likeness (QED) is 0.617. The molecule has 0 amide bonds. The van der Waals surface area contributed by atoms with Gasteiger partial charge in [0.05, 0.1) is 0 Å². The van der Waals surface area contributed by atoms with Crippen molar-refractivity contribution in [2.75, 3.05) is 21.3 Å². The summed E-state index contributed by atoms with van der Waals surface area (Å²) in [7, 11) is 2.79. The Bertz CT molecular complexity index is 139. The number of hydrogen-bond donors (Lipinski definition) is 0. The maximum Gasteiger partial charge on any atom is 0.503 e. The van der Waals surface area contributed by atoms with E-state index in [0.29, 0.717) is 5.54 Å². The Kier molecular flexibility index (Phi) is 3.28. The van der Waals surface area contributed by atoms with Crippen molar-refractivity contribution in [2.24, 2.45) is 5.92 Å². The first-order valence-electron chi connectivity index (χ1n) is 4.39. The molecule has 4 heteroatoms. The lowest BCUT2D eigenvalue weighted by atomic mass is 10.3. The van der Waals surface area contributed by atoms with Crippen LogP contribution in [0, 0.1) is 5.92 Å². The second-order valence-corrected chi connectivity index (χ2v) is 6.40. The molecule has 1 aliphatic carbocycles. The molecule has 0 heterocycles. The minimum Gasteiger partial charge on any atom is -0.377 e. The third-order valence-corrected chi connectivity index (χ3v) is 6.08. The van der Waals surface area contributed by atoms with Crippen molar-refractivity contribution < 1.29 is 13.3 Å². The zero-order chi connectivity index (χ0) is 9.19. The largest absolute Gasteiger partial charge is 0.503 e. The van der Waals surface area contributed by atoms with E-state index in [4.69, 9.17) is 13.3 Å². The normalized spacial score (nSPS) is 29.0. The van der Waals surface area contributed by atoms with Gasteiger partial charge in [-0.3, -0.25) is 0 Å². The van der Waals surface area contributed by atoms with Gasteiger partial charge in [-0.25, -0.2) is 0 Å². The van der Waals surface area contributed by atoms with Gasteiger partial charge in [-0.05, 0) is 12.3 Å². The highest BCUT2D eigenvalue weighted by Crippen LogP contribution is 2.53. The van der Waals surface area contributed by atoms with Crippen molar-refractivity contribution in [3.63, 3.8) is 0 Å². The van der Waals surface area contributed by atoms with Crippen LogP contribution in [0.25, 0.3) is 0 Å². The van der Waals surface area contributed by atoms with E-state index in [1.165, 1.54) is 12.8 Å². The van der Waals surface area contributed by atoms with Gasteiger partial charge >= 0.3 is 8.80 Å². The molecule has 0 spiro atoms. The second kappa shape index (κ2) is 3.87. The van der Waals surface area contributed by atoms with Crippen LogP contribution < -0.4 is 0 Å². The lowest BCUT2D eigenvalue weighted by Crippen LogP contribution is -2.44. The summed E-state index contributed by atoms with van der Waals surface area (Å²) in [6.07, 6.45) is 2.41. The summed E-state index contributed by atoms with van der Waals surface area (Å²) in [4.78, 5) is 0. The van der Waals surface area contributed by atoms with Crippen molar-refractivity contribution >= 4 is 8.80 Å². The van der Waals surface area contributed by atoms with Gasteiger partial charge in [-0.15, -0.1) is 0 Å². The van der Waals surface area contributed by atoms with Crippen LogP contribution in [-0.4, -0.2) is 30.1 Å². The standard InChI is InChI=1S/C8H18O3Si/c1-5-7-6-8(7)12(9-2,10-3)11-4/h7-8H,5-6H2,1-4H3. The summed E-state index contributed by atoms with van der Waals surface area (Å²) in [5, 5.41) is 0. The lowest BCUT2D eigenvalue weighted by molar-refractivity contribution is 0.120. The summed E-state index contributed by atoms with van der Waals surface area (Å²) in [6.45, 7) is 2.20. The minimum atomic E-state index is -2.27. The van der Waals surface area contributed by atoms with Gasteiger partial charge in [0.2, 0.25) is 0 Å². The van der Waals surface area contributed by atoms with Crippen LogP contribution in [0.4, 0.5) is 0 Å². The van der Waals surface area contributed by atoms with Gasteiger partial charge in [-0.1, -0.05) is 13.3 Å². The van der Waals surface area contributed by atoms with E-state index in [1.54, 1.807) is 21.3 Å². The Labute approximate surface area is 75.4 Å². The van der Waals surface area contributed by atoms with E-state index in [1.807, 2.05) is 0 Å². The molecule has 0 aromatic heterocycles. The van der Waals surface area contributed by atoms with Crippen molar-refractivity contribution in [3.05, 3.63) is 0 Å². The topological polar surface area (TPSA) is 27.7 Å². The van der Waals surface area contributed by atoms with Gasteiger partial charge < -0.3 is 13.3 Å². The van der Waals surface area contributed by atoms with Crippen molar-refractivity contribution in [2.45, 2.75) is 25.3 Å².